The van der Waals surface area contributed by atoms with E-state index in [9.17, 15) is 18.9 Å². The summed E-state index contributed by atoms with van der Waals surface area (Å²) in [6.07, 6.45) is 2.64. The average molecular weight is 251 g/mol. The fourth-order valence-corrected chi connectivity index (χ4v) is 2.16. The zero-order valence-corrected chi connectivity index (χ0v) is 10.4. The number of nitrogens with zero attached hydrogens (tertiary/aromatic N) is 1. The van der Waals surface area contributed by atoms with Gasteiger partial charge in [0, 0.05) is 22.8 Å². The molecule has 0 aliphatic carbocycles. The Morgan fingerprint density at radius 3 is 2.82 bits per heavy atom. The summed E-state index contributed by atoms with van der Waals surface area (Å²) in [6, 6.07) is -1.16. The molecule has 6 nitrogen and oxygen atoms in total. The average Bonchev–Trinajstić information content (AvgIpc) is 2.47. The summed E-state index contributed by atoms with van der Waals surface area (Å²) in [5, 5.41) is 10.9. The van der Waals surface area contributed by atoms with Crippen molar-refractivity contribution in [1.82, 2.24) is 4.90 Å². The van der Waals surface area contributed by atoms with Crippen molar-refractivity contribution in [2.45, 2.75) is 18.7 Å². The molecule has 3 unspecified atom stereocenters. The molecule has 0 radical (unpaired) electrons. The summed E-state index contributed by atoms with van der Waals surface area (Å²) >= 11 is 0. The van der Waals surface area contributed by atoms with Crippen LogP contribution in [0.5, 0.6) is 0 Å². The van der Waals surface area contributed by atoms with Gasteiger partial charge in [0.1, 0.15) is 11.8 Å². The monoisotopic (exact) mass is 251 g/mol. The maximum atomic E-state index is 11.2. The van der Waals surface area contributed by atoms with Gasteiger partial charge in [0.25, 0.3) is 0 Å². The molecular formula is C9H10LiNO5S. The molecule has 0 spiro atoms. The Hall–Kier alpha value is -0.773. The number of carbonyl (C=O) groups excluding carboxylic acids is 2. The van der Waals surface area contributed by atoms with Gasteiger partial charge in [-0.25, -0.2) is 0 Å². The van der Waals surface area contributed by atoms with E-state index in [1.54, 1.807) is 0 Å². The Balaban J connectivity index is 0.00000144. The standard InChI is InChI=1S/C9H11NO5S.Li/c1-16(14)3-2-5-8(9(12)13)10-6(11)4-7(10)15-5;/h2,7-8H,3-4H2,1H3,(H,12,13);/q;+1/p-1. The molecule has 2 saturated heterocycles. The van der Waals surface area contributed by atoms with Crippen molar-refractivity contribution in [1.29, 1.82) is 0 Å². The van der Waals surface area contributed by atoms with Gasteiger partial charge in [0.2, 0.25) is 5.91 Å². The first kappa shape index (κ1) is 14.3. The van der Waals surface area contributed by atoms with E-state index >= 15 is 0 Å². The van der Waals surface area contributed by atoms with Gasteiger partial charge in [-0.05, 0) is 6.08 Å². The molecule has 0 bridgehead atoms. The van der Waals surface area contributed by atoms with Gasteiger partial charge in [0.05, 0.1) is 12.4 Å². The molecule has 17 heavy (non-hydrogen) atoms. The Morgan fingerprint density at radius 2 is 2.35 bits per heavy atom. The van der Waals surface area contributed by atoms with Crippen LogP contribution in [0.1, 0.15) is 6.42 Å². The summed E-state index contributed by atoms with van der Waals surface area (Å²) in [4.78, 5) is 23.2. The summed E-state index contributed by atoms with van der Waals surface area (Å²) in [5.41, 5.74) is 0. The Labute approximate surface area is 113 Å². The van der Waals surface area contributed by atoms with Gasteiger partial charge in [-0.3, -0.25) is 13.9 Å². The zero-order valence-electron chi connectivity index (χ0n) is 9.54. The molecule has 2 rings (SSSR count). The molecular weight excluding hydrogens is 241 g/mol. The van der Waals surface area contributed by atoms with Crippen LogP contribution in [0, 0.1) is 0 Å². The number of β-lactam (4-membered cyclic amide) rings is 1. The minimum absolute atomic E-state index is 0. The van der Waals surface area contributed by atoms with E-state index in [2.05, 4.69) is 0 Å². The van der Waals surface area contributed by atoms with Crippen molar-refractivity contribution >= 4 is 22.7 Å². The molecule has 0 aromatic carbocycles. The summed E-state index contributed by atoms with van der Waals surface area (Å²) in [7, 11) is -1.07. The van der Waals surface area contributed by atoms with Gasteiger partial charge < -0.3 is 14.6 Å². The molecule has 1 amide bonds. The van der Waals surface area contributed by atoms with E-state index in [0.29, 0.717) is 0 Å². The molecule has 0 N–H and O–H groups in total. The molecule has 2 aliphatic heterocycles. The zero-order chi connectivity index (χ0) is 11.9. The van der Waals surface area contributed by atoms with Crippen LogP contribution in [0.4, 0.5) is 0 Å². The second kappa shape index (κ2) is 5.25. The third-order valence-electron chi connectivity index (χ3n) is 2.51. The van der Waals surface area contributed by atoms with Crippen LogP contribution in [0.2, 0.25) is 0 Å². The second-order valence-corrected chi connectivity index (χ2v) is 5.13. The van der Waals surface area contributed by atoms with E-state index in [-0.39, 0.29) is 42.7 Å². The van der Waals surface area contributed by atoms with Crippen LogP contribution in [0.25, 0.3) is 0 Å². The van der Waals surface area contributed by atoms with Crippen LogP contribution < -0.4 is 24.0 Å². The molecule has 2 fully saturated rings. The van der Waals surface area contributed by atoms with Crippen LogP contribution >= 0.6 is 0 Å². The third kappa shape index (κ3) is 2.57. The van der Waals surface area contributed by atoms with Crippen molar-refractivity contribution in [3.8, 4) is 0 Å². The van der Waals surface area contributed by atoms with Crippen LogP contribution in [-0.4, -0.2) is 45.3 Å². The topological polar surface area (TPSA) is 86.7 Å². The molecule has 8 heteroatoms. The van der Waals surface area contributed by atoms with E-state index in [1.807, 2.05) is 0 Å². The fraction of sp³-hybridized carbons (Fsp3) is 0.556. The Kier molecular flexibility index (Phi) is 4.41. The van der Waals surface area contributed by atoms with Gasteiger partial charge >= 0.3 is 18.9 Å². The summed E-state index contributed by atoms with van der Waals surface area (Å²) in [5.74, 6) is -1.27. The number of carboxylic acid groups (broad SMARTS) is 1. The largest absolute Gasteiger partial charge is 1.00 e. The fourth-order valence-electron chi connectivity index (χ4n) is 1.76. The number of amides is 1. The summed E-state index contributed by atoms with van der Waals surface area (Å²) < 4.78 is 16.2. The van der Waals surface area contributed by atoms with Crippen molar-refractivity contribution in [2.75, 3.05) is 12.0 Å². The first-order valence-corrected chi connectivity index (χ1v) is 6.42. The summed E-state index contributed by atoms with van der Waals surface area (Å²) in [6.45, 7) is 0. The Morgan fingerprint density at radius 1 is 1.71 bits per heavy atom. The van der Waals surface area contributed by atoms with Gasteiger partial charge in [-0.2, -0.15) is 0 Å². The minimum Gasteiger partial charge on any atom is -0.547 e. The first-order valence-electron chi connectivity index (χ1n) is 4.69. The molecule has 3 atom stereocenters. The molecule has 0 saturated carbocycles. The number of rotatable bonds is 3. The Bertz CT molecular complexity index is 410. The minimum atomic E-state index is -1.37. The van der Waals surface area contributed by atoms with E-state index < -0.39 is 29.0 Å². The van der Waals surface area contributed by atoms with Crippen LogP contribution in [0.3, 0.4) is 0 Å². The number of carboxylic acids is 1. The van der Waals surface area contributed by atoms with E-state index in [0.717, 1.165) is 4.90 Å². The second-order valence-electron chi connectivity index (χ2n) is 3.65. The maximum absolute atomic E-state index is 11.2. The number of fused-ring (bicyclic) bond motifs is 1. The van der Waals surface area contributed by atoms with Gasteiger partial charge in [-0.1, -0.05) is 0 Å². The number of hydrogen-bond donors (Lipinski definition) is 0. The number of ether oxygens (including phenoxy) is 1. The molecule has 0 aromatic heterocycles. The molecule has 0 aromatic rings. The number of hydrogen-bond acceptors (Lipinski definition) is 5. The van der Waals surface area contributed by atoms with Crippen LogP contribution in [-0.2, 0) is 25.1 Å². The van der Waals surface area contributed by atoms with Crippen molar-refractivity contribution < 1.29 is 42.5 Å². The van der Waals surface area contributed by atoms with Crippen molar-refractivity contribution in [3.05, 3.63) is 11.8 Å². The predicted molar refractivity (Wildman–Crippen MR) is 52.1 cm³/mol. The van der Waals surface area contributed by atoms with Gasteiger partial charge in [-0.15, -0.1) is 0 Å². The quantitative estimate of drug-likeness (QED) is 0.370. The molecule has 88 valence electrons. The van der Waals surface area contributed by atoms with Crippen molar-refractivity contribution in [3.63, 3.8) is 0 Å². The predicted octanol–water partition coefficient (Wildman–Crippen LogP) is -5.04. The normalized spacial score (nSPS) is 30.1. The molecule has 2 heterocycles. The van der Waals surface area contributed by atoms with E-state index in [4.69, 9.17) is 4.74 Å². The number of carbonyl (C=O) groups is 2. The van der Waals surface area contributed by atoms with E-state index in [1.165, 1.54) is 12.3 Å². The number of aliphatic carboxylic acids is 1. The SMILES string of the molecule is CS(=O)CC=C1OC2CC(=O)N2C1C(=O)[O-].[Li+]. The first-order chi connectivity index (χ1) is 7.50. The van der Waals surface area contributed by atoms with Crippen LogP contribution in [0.15, 0.2) is 11.8 Å². The third-order valence-corrected chi connectivity index (χ3v) is 3.15. The maximum Gasteiger partial charge on any atom is 1.00 e. The smallest absolute Gasteiger partial charge is 0.547 e. The molecule has 2 aliphatic rings. The van der Waals surface area contributed by atoms with Gasteiger partial charge in [0.15, 0.2) is 6.23 Å². The van der Waals surface area contributed by atoms with Crippen molar-refractivity contribution in [2.24, 2.45) is 0 Å².